The van der Waals surface area contributed by atoms with Gasteiger partial charge in [0.2, 0.25) is 0 Å². The van der Waals surface area contributed by atoms with Gasteiger partial charge in [-0.3, -0.25) is 9.48 Å². The minimum atomic E-state index is -0.0471. The lowest BCUT2D eigenvalue weighted by Gasteiger charge is -2.20. The van der Waals surface area contributed by atoms with Gasteiger partial charge in [-0.25, -0.2) is 9.97 Å². The summed E-state index contributed by atoms with van der Waals surface area (Å²) < 4.78 is 1.72. The van der Waals surface area contributed by atoms with Crippen LogP contribution in [-0.2, 0) is 19.4 Å². The van der Waals surface area contributed by atoms with Crippen LogP contribution in [0.25, 0.3) is 0 Å². The number of nitrogens with one attached hydrogen (secondary N) is 1. The second kappa shape index (κ2) is 6.22. The van der Waals surface area contributed by atoms with Crippen molar-refractivity contribution in [3.63, 3.8) is 0 Å². The van der Waals surface area contributed by atoms with E-state index in [1.165, 1.54) is 11.3 Å². The molecule has 2 aliphatic rings. The third-order valence-corrected chi connectivity index (χ3v) is 4.92. The molecule has 1 saturated heterocycles. The van der Waals surface area contributed by atoms with Crippen LogP contribution in [0.5, 0.6) is 0 Å². The smallest absolute Gasteiger partial charge is 0.269 e. The van der Waals surface area contributed by atoms with Gasteiger partial charge < -0.3 is 10.2 Å². The van der Waals surface area contributed by atoms with Gasteiger partial charge in [-0.05, 0) is 38.7 Å². The lowest BCUT2D eigenvalue weighted by Crippen LogP contribution is -2.38. The minimum absolute atomic E-state index is 0.0471. The largest absolute Gasteiger partial charge is 0.354 e. The standard InChI is InChI=1S/C17H22N6O/c1-2-23-15(6-8-20-23)17(24)21-12-7-9-22(10-12)16-13-4-3-5-14(13)18-11-19-16/h6,8,11-12H,2-5,7,9-10H2,1H3,(H,21,24). The second-order valence-corrected chi connectivity index (χ2v) is 6.41. The van der Waals surface area contributed by atoms with Crippen molar-refractivity contribution in [3.8, 4) is 0 Å². The minimum Gasteiger partial charge on any atom is -0.354 e. The lowest BCUT2D eigenvalue weighted by atomic mass is 10.2. The molecule has 0 radical (unpaired) electrons. The topological polar surface area (TPSA) is 75.9 Å². The summed E-state index contributed by atoms with van der Waals surface area (Å²) in [6.45, 7) is 4.40. The predicted molar refractivity (Wildman–Crippen MR) is 90.0 cm³/mol. The first-order valence-corrected chi connectivity index (χ1v) is 8.66. The van der Waals surface area contributed by atoms with Crippen LogP contribution in [0.1, 0.15) is 41.5 Å². The van der Waals surface area contributed by atoms with Crippen LogP contribution in [0.3, 0.4) is 0 Å². The van der Waals surface area contributed by atoms with Crippen LogP contribution in [-0.4, -0.2) is 44.8 Å². The third kappa shape index (κ3) is 2.64. The van der Waals surface area contributed by atoms with E-state index in [2.05, 4.69) is 25.3 Å². The van der Waals surface area contributed by atoms with Crippen molar-refractivity contribution in [1.82, 2.24) is 25.1 Å². The first-order valence-electron chi connectivity index (χ1n) is 8.66. The highest BCUT2D eigenvalue weighted by atomic mass is 16.2. The van der Waals surface area contributed by atoms with E-state index in [-0.39, 0.29) is 11.9 Å². The SMILES string of the molecule is CCn1nccc1C(=O)NC1CCN(c2ncnc3c2CCC3)C1. The molecule has 7 heteroatoms. The number of aromatic nitrogens is 4. The molecule has 0 spiro atoms. The van der Waals surface area contributed by atoms with Crippen molar-refractivity contribution in [1.29, 1.82) is 0 Å². The Kier molecular flexibility index (Phi) is 3.92. The molecule has 1 aliphatic heterocycles. The van der Waals surface area contributed by atoms with Gasteiger partial charge in [0.15, 0.2) is 0 Å². The van der Waals surface area contributed by atoms with Crippen LogP contribution in [0.4, 0.5) is 5.82 Å². The summed E-state index contributed by atoms with van der Waals surface area (Å²) in [5, 5.41) is 7.30. The molecule has 1 unspecified atom stereocenters. The number of carbonyl (C=O) groups is 1. The highest BCUT2D eigenvalue weighted by Crippen LogP contribution is 2.29. The molecule has 1 aliphatic carbocycles. The van der Waals surface area contributed by atoms with Crippen LogP contribution >= 0.6 is 0 Å². The molecule has 7 nitrogen and oxygen atoms in total. The van der Waals surface area contributed by atoms with Crippen molar-refractivity contribution >= 4 is 11.7 Å². The number of fused-ring (bicyclic) bond motifs is 1. The molecule has 0 bridgehead atoms. The Morgan fingerprint density at radius 1 is 1.38 bits per heavy atom. The first kappa shape index (κ1) is 15.1. The molecule has 126 valence electrons. The maximum absolute atomic E-state index is 12.5. The van der Waals surface area contributed by atoms with E-state index in [0.29, 0.717) is 12.2 Å². The van der Waals surface area contributed by atoms with Crippen molar-refractivity contribution in [2.45, 2.75) is 45.2 Å². The molecular formula is C17H22N6O. The Balaban J connectivity index is 1.44. The Bertz CT molecular complexity index is 755. The summed E-state index contributed by atoms with van der Waals surface area (Å²) >= 11 is 0. The van der Waals surface area contributed by atoms with E-state index in [0.717, 1.165) is 44.6 Å². The number of amides is 1. The highest BCUT2D eigenvalue weighted by Gasteiger charge is 2.29. The van der Waals surface area contributed by atoms with E-state index >= 15 is 0 Å². The second-order valence-electron chi connectivity index (χ2n) is 6.41. The summed E-state index contributed by atoms with van der Waals surface area (Å²) in [5.41, 5.74) is 3.12. The van der Waals surface area contributed by atoms with Crippen LogP contribution < -0.4 is 10.2 Å². The predicted octanol–water partition coefficient (Wildman–Crippen LogP) is 1.19. The van der Waals surface area contributed by atoms with Crippen LogP contribution in [0.2, 0.25) is 0 Å². The first-order chi connectivity index (χ1) is 11.8. The van der Waals surface area contributed by atoms with E-state index in [4.69, 9.17) is 0 Å². The molecule has 1 atom stereocenters. The average Bonchev–Trinajstić information content (AvgIpc) is 3.33. The van der Waals surface area contributed by atoms with Crippen molar-refractivity contribution < 1.29 is 4.79 Å². The van der Waals surface area contributed by atoms with Gasteiger partial charge in [-0.2, -0.15) is 5.10 Å². The number of aryl methyl sites for hydroxylation is 2. The number of anilines is 1. The van der Waals surface area contributed by atoms with Gasteiger partial charge in [0.05, 0.1) is 0 Å². The zero-order chi connectivity index (χ0) is 16.5. The molecule has 2 aromatic heterocycles. The fourth-order valence-electron chi connectivity index (χ4n) is 3.72. The molecule has 1 amide bonds. The molecule has 0 saturated carbocycles. The summed E-state index contributed by atoms with van der Waals surface area (Å²) in [7, 11) is 0. The molecular weight excluding hydrogens is 304 g/mol. The van der Waals surface area contributed by atoms with Gasteiger partial charge in [0.25, 0.3) is 5.91 Å². The molecule has 3 heterocycles. The number of carbonyl (C=O) groups excluding carboxylic acids is 1. The van der Waals surface area contributed by atoms with Gasteiger partial charge in [-0.15, -0.1) is 0 Å². The van der Waals surface area contributed by atoms with Crippen molar-refractivity contribution in [3.05, 3.63) is 35.5 Å². The van der Waals surface area contributed by atoms with E-state index in [1.807, 2.05) is 6.92 Å². The Hall–Kier alpha value is -2.44. The van der Waals surface area contributed by atoms with Crippen molar-refractivity contribution in [2.24, 2.45) is 0 Å². The molecule has 4 rings (SSSR count). The zero-order valence-electron chi connectivity index (χ0n) is 13.9. The number of nitrogens with zero attached hydrogens (tertiary/aromatic N) is 5. The molecule has 24 heavy (non-hydrogen) atoms. The zero-order valence-corrected chi connectivity index (χ0v) is 13.9. The lowest BCUT2D eigenvalue weighted by molar-refractivity contribution is 0.0929. The normalized spacial score (nSPS) is 19.5. The fourth-order valence-corrected chi connectivity index (χ4v) is 3.72. The molecule has 1 N–H and O–H groups in total. The summed E-state index contributed by atoms with van der Waals surface area (Å²) in [6.07, 6.45) is 7.56. The maximum atomic E-state index is 12.5. The molecule has 1 fully saturated rings. The summed E-state index contributed by atoms with van der Waals surface area (Å²) in [6, 6.07) is 1.91. The maximum Gasteiger partial charge on any atom is 0.269 e. The van der Waals surface area contributed by atoms with Gasteiger partial charge in [-0.1, -0.05) is 0 Å². The summed E-state index contributed by atoms with van der Waals surface area (Å²) in [4.78, 5) is 23.6. The monoisotopic (exact) mass is 326 g/mol. The Labute approximate surface area is 141 Å². The van der Waals surface area contributed by atoms with E-state index in [9.17, 15) is 4.79 Å². The quantitative estimate of drug-likeness (QED) is 0.913. The highest BCUT2D eigenvalue weighted by molar-refractivity contribution is 5.92. The van der Waals surface area contributed by atoms with E-state index in [1.54, 1.807) is 23.3 Å². The van der Waals surface area contributed by atoms with Gasteiger partial charge in [0, 0.05) is 43.1 Å². The Morgan fingerprint density at radius 3 is 3.17 bits per heavy atom. The third-order valence-electron chi connectivity index (χ3n) is 4.92. The van der Waals surface area contributed by atoms with Gasteiger partial charge in [0.1, 0.15) is 17.8 Å². The van der Waals surface area contributed by atoms with Crippen LogP contribution in [0.15, 0.2) is 18.6 Å². The van der Waals surface area contributed by atoms with Gasteiger partial charge >= 0.3 is 0 Å². The van der Waals surface area contributed by atoms with Crippen molar-refractivity contribution in [2.75, 3.05) is 18.0 Å². The number of rotatable bonds is 4. The average molecular weight is 326 g/mol. The Morgan fingerprint density at radius 2 is 2.29 bits per heavy atom. The fraction of sp³-hybridized carbons (Fsp3) is 0.529. The number of hydrogen-bond acceptors (Lipinski definition) is 5. The molecule has 2 aromatic rings. The van der Waals surface area contributed by atoms with E-state index < -0.39 is 0 Å². The summed E-state index contributed by atoms with van der Waals surface area (Å²) in [5.74, 6) is 1.02. The molecule has 0 aromatic carbocycles. The number of hydrogen-bond donors (Lipinski definition) is 1. The van der Waals surface area contributed by atoms with Crippen LogP contribution in [0, 0.1) is 0 Å².